The lowest BCUT2D eigenvalue weighted by atomic mass is 9.83. The molecule has 0 saturated carbocycles. The summed E-state index contributed by atoms with van der Waals surface area (Å²) in [6.45, 7) is 6.25. The first-order valence-corrected chi connectivity index (χ1v) is 7.18. The molecule has 1 aromatic rings. The summed E-state index contributed by atoms with van der Waals surface area (Å²) in [4.78, 5) is 11.9. The number of hydrogen-bond acceptors (Lipinski definition) is 2. The Morgan fingerprint density at radius 2 is 1.82 bits per heavy atom. The van der Waals surface area contributed by atoms with E-state index in [1.165, 1.54) is 6.07 Å². The van der Waals surface area contributed by atoms with Crippen molar-refractivity contribution in [3.8, 4) is 0 Å². The Bertz CT molecular complexity index is 512. The van der Waals surface area contributed by atoms with E-state index in [4.69, 9.17) is 0 Å². The van der Waals surface area contributed by atoms with Gasteiger partial charge in [0.2, 0.25) is 5.91 Å². The third-order valence-electron chi connectivity index (χ3n) is 3.63. The molecule has 1 aromatic carbocycles. The summed E-state index contributed by atoms with van der Waals surface area (Å²) in [6.07, 6.45) is -4.36. The molecule has 0 saturated heterocycles. The highest BCUT2D eigenvalue weighted by Crippen LogP contribution is 2.32. The van der Waals surface area contributed by atoms with Crippen LogP contribution in [0.3, 0.4) is 0 Å². The molecule has 0 bridgehead atoms. The molecule has 1 atom stereocenters. The van der Waals surface area contributed by atoms with Gasteiger partial charge in [0.1, 0.15) is 0 Å². The van der Waals surface area contributed by atoms with E-state index in [1.807, 2.05) is 13.8 Å². The van der Waals surface area contributed by atoms with Crippen LogP contribution >= 0.6 is 0 Å². The summed E-state index contributed by atoms with van der Waals surface area (Å²) in [5, 5.41) is 5.72. The fourth-order valence-corrected chi connectivity index (χ4v) is 2.10. The van der Waals surface area contributed by atoms with Crippen LogP contribution in [-0.4, -0.2) is 26.0 Å². The molecule has 1 rings (SSSR count). The van der Waals surface area contributed by atoms with Crippen LogP contribution < -0.4 is 10.6 Å². The van der Waals surface area contributed by atoms with Crippen molar-refractivity contribution >= 4 is 5.91 Å². The van der Waals surface area contributed by atoms with Gasteiger partial charge in [-0.05, 0) is 18.7 Å². The van der Waals surface area contributed by atoms with E-state index in [0.29, 0.717) is 12.1 Å². The number of carbonyl (C=O) groups is 1. The van der Waals surface area contributed by atoms with Gasteiger partial charge in [-0.2, -0.15) is 13.2 Å². The average molecular weight is 316 g/mol. The highest BCUT2D eigenvalue weighted by atomic mass is 19.4. The van der Waals surface area contributed by atoms with E-state index in [1.54, 1.807) is 20.0 Å². The maximum absolute atomic E-state index is 12.8. The lowest BCUT2D eigenvalue weighted by molar-refractivity contribution is -0.137. The molecule has 6 heteroatoms. The lowest BCUT2D eigenvalue weighted by Gasteiger charge is -2.27. The fourth-order valence-electron chi connectivity index (χ4n) is 2.10. The second-order valence-corrected chi connectivity index (χ2v) is 6.14. The van der Waals surface area contributed by atoms with Gasteiger partial charge in [0, 0.05) is 24.4 Å². The molecule has 3 nitrogen and oxygen atoms in total. The van der Waals surface area contributed by atoms with Crippen LogP contribution in [0.4, 0.5) is 13.2 Å². The standard InChI is InChI=1S/C16H23F3N2O/c1-11(9-20-4)14(22)21-10-15(2,3)12-6-5-7-13(8-12)16(17,18)19/h5-8,11,20H,9-10H2,1-4H3,(H,21,22). The molecule has 0 aliphatic heterocycles. The summed E-state index contributed by atoms with van der Waals surface area (Å²) in [7, 11) is 1.76. The minimum Gasteiger partial charge on any atom is -0.355 e. The number of amides is 1. The molecule has 0 radical (unpaired) electrons. The fraction of sp³-hybridized carbons (Fsp3) is 0.562. The molecule has 2 N–H and O–H groups in total. The normalized spacial score (nSPS) is 13.8. The van der Waals surface area contributed by atoms with Crippen molar-refractivity contribution in [1.29, 1.82) is 0 Å². The van der Waals surface area contributed by atoms with Gasteiger partial charge in [-0.25, -0.2) is 0 Å². The number of halogens is 3. The van der Waals surface area contributed by atoms with Gasteiger partial charge >= 0.3 is 6.18 Å². The zero-order valence-electron chi connectivity index (χ0n) is 13.3. The first kappa shape index (κ1) is 18.5. The van der Waals surface area contributed by atoms with Crippen LogP contribution in [0.2, 0.25) is 0 Å². The Morgan fingerprint density at radius 1 is 1.23 bits per heavy atom. The molecule has 124 valence electrons. The molecule has 0 heterocycles. The molecule has 1 unspecified atom stereocenters. The number of hydrogen-bond donors (Lipinski definition) is 2. The van der Waals surface area contributed by atoms with E-state index in [9.17, 15) is 18.0 Å². The topological polar surface area (TPSA) is 41.1 Å². The predicted octanol–water partition coefficient (Wildman–Crippen LogP) is 2.95. The van der Waals surface area contributed by atoms with Crippen molar-refractivity contribution in [2.24, 2.45) is 5.92 Å². The Labute approximate surface area is 129 Å². The minimum absolute atomic E-state index is 0.116. The van der Waals surface area contributed by atoms with Gasteiger partial charge in [0.15, 0.2) is 0 Å². The van der Waals surface area contributed by atoms with Gasteiger partial charge in [-0.3, -0.25) is 4.79 Å². The molecule has 0 fully saturated rings. The third kappa shape index (κ3) is 5.02. The van der Waals surface area contributed by atoms with Crippen molar-refractivity contribution in [3.63, 3.8) is 0 Å². The van der Waals surface area contributed by atoms with Crippen molar-refractivity contribution < 1.29 is 18.0 Å². The van der Waals surface area contributed by atoms with E-state index in [-0.39, 0.29) is 18.4 Å². The number of carbonyl (C=O) groups excluding carboxylic acids is 1. The zero-order valence-corrected chi connectivity index (χ0v) is 13.3. The second-order valence-electron chi connectivity index (χ2n) is 6.14. The molecule has 1 amide bonds. The van der Waals surface area contributed by atoms with Crippen LogP contribution in [0, 0.1) is 5.92 Å². The van der Waals surface area contributed by atoms with Crippen LogP contribution in [-0.2, 0) is 16.4 Å². The number of benzene rings is 1. The largest absolute Gasteiger partial charge is 0.416 e. The Kier molecular flexibility index (Phi) is 6.00. The maximum Gasteiger partial charge on any atom is 0.416 e. The van der Waals surface area contributed by atoms with Crippen LogP contribution in [0.5, 0.6) is 0 Å². The van der Waals surface area contributed by atoms with E-state index < -0.39 is 17.2 Å². The average Bonchev–Trinajstić information content (AvgIpc) is 2.44. The van der Waals surface area contributed by atoms with Gasteiger partial charge in [-0.1, -0.05) is 39.0 Å². The smallest absolute Gasteiger partial charge is 0.355 e. The molecule has 0 aliphatic rings. The molecule has 0 aromatic heterocycles. The van der Waals surface area contributed by atoms with Gasteiger partial charge in [0.25, 0.3) is 0 Å². The van der Waals surface area contributed by atoms with Crippen molar-refractivity contribution in [2.75, 3.05) is 20.1 Å². The zero-order chi connectivity index (χ0) is 17.0. The maximum atomic E-state index is 12.8. The third-order valence-corrected chi connectivity index (χ3v) is 3.63. The Morgan fingerprint density at radius 3 is 2.36 bits per heavy atom. The van der Waals surface area contributed by atoms with E-state index >= 15 is 0 Å². The minimum atomic E-state index is -4.36. The summed E-state index contributed by atoms with van der Waals surface area (Å²) in [5.41, 5.74) is -0.715. The lowest BCUT2D eigenvalue weighted by Crippen LogP contribution is -2.41. The second kappa shape index (κ2) is 7.13. The van der Waals surface area contributed by atoms with Crippen molar-refractivity contribution in [1.82, 2.24) is 10.6 Å². The molecular formula is C16H23F3N2O. The quantitative estimate of drug-likeness (QED) is 0.847. The van der Waals surface area contributed by atoms with Gasteiger partial charge in [0.05, 0.1) is 5.56 Å². The van der Waals surface area contributed by atoms with Crippen molar-refractivity contribution in [2.45, 2.75) is 32.4 Å². The van der Waals surface area contributed by atoms with Crippen LogP contribution in [0.1, 0.15) is 31.9 Å². The van der Waals surface area contributed by atoms with Crippen LogP contribution in [0.15, 0.2) is 24.3 Å². The molecule has 22 heavy (non-hydrogen) atoms. The monoisotopic (exact) mass is 316 g/mol. The van der Waals surface area contributed by atoms with E-state index in [2.05, 4.69) is 10.6 Å². The molecule has 0 aliphatic carbocycles. The highest BCUT2D eigenvalue weighted by Gasteiger charge is 2.32. The summed E-state index contributed by atoms with van der Waals surface area (Å²) in [5.74, 6) is -0.309. The number of nitrogens with one attached hydrogen (secondary N) is 2. The number of rotatable bonds is 6. The summed E-state index contributed by atoms with van der Waals surface area (Å²) < 4.78 is 38.4. The SMILES string of the molecule is CNCC(C)C(=O)NCC(C)(C)c1cccc(C(F)(F)F)c1. The van der Waals surface area contributed by atoms with Crippen molar-refractivity contribution in [3.05, 3.63) is 35.4 Å². The molecule has 0 spiro atoms. The van der Waals surface area contributed by atoms with Gasteiger partial charge < -0.3 is 10.6 Å². The predicted molar refractivity (Wildman–Crippen MR) is 80.6 cm³/mol. The Balaban J connectivity index is 2.80. The first-order valence-electron chi connectivity index (χ1n) is 7.18. The summed E-state index contributed by atoms with van der Waals surface area (Å²) >= 11 is 0. The summed E-state index contributed by atoms with van der Waals surface area (Å²) in [6, 6.07) is 5.24. The first-order chi connectivity index (χ1) is 10.1. The molecular weight excluding hydrogens is 293 g/mol. The number of alkyl halides is 3. The van der Waals surface area contributed by atoms with Gasteiger partial charge in [-0.15, -0.1) is 0 Å². The highest BCUT2D eigenvalue weighted by molar-refractivity contribution is 5.78. The van der Waals surface area contributed by atoms with Crippen LogP contribution in [0.25, 0.3) is 0 Å². The van der Waals surface area contributed by atoms with E-state index in [0.717, 1.165) is 12.1 Å². The Hall–Kier alpha value is -1.56.